The first kappa shape index (κ1) is 12.3. The molecule has 2 aliphatic heterocycles. The molecule has 0 radical (unpaired) electrons. The molecule has 2 aliphatic rings. The second kappa shape index (κ2) is 5.99. The van der Waals surface area contributed by atoms with Crippen LogP contribution in [0.3, 0.4) is 0 Å². The Morgan fingerprint density at radius 3 is 2.56 bits per heavy atom. The van der Waals surface area contributed by atoms with Gasteiger partial charge in [-0.2, -0.15) is 0 Å². The number of hydrogen-bond acceptors (Lipinski definition) is 3. The highest BCUT2D eigenvalue weighted by Gasteiger charge is 2.24. The zero-order valence-corrected chi connectivity index (χ0v) is 10.9. The molecule has 2 heterocycles. The maximum atomic E-state index is 3.41. The van der Waals surface area contributed by atoms with E-state index in [9.17, 15) is 0 Å². The first-order valence-corrected chi connectivity index (χ1v) is 6.94. The minimum absolute atomic E-state index is 0.789. The van der Waals surface area contributed by atoms with Gasteiger partial charge in [-0.25, -0.2) is 0 Å². The molecule has 2 atom stereocenters. The largest absolute Gasteiger partial charge is 0.314 e. The molecule has 16 heavy (non-hydrogen) atoms. The predicted molar refractivity (Wildman–Crippen MR) is 68.7 cm³/mol. The highest BCUT2D eigenvalue weighted by Crippen LogP contribution is 2.22. The maximum absolute atomic E-state index is 3.41. The average Bonchev–Trinajstić information content (AvgIpc) is 2.32. The van der Waals surface area contributed by atoms with Crippen molar-refractivity contribution in [3.63, 3.8) is 0 Å². The molecule has 2 unspecified atom stereocenters. The Morgan fingerprint density at radius 1 is 1.06 bits per heavy atom. The van der Waals surface area contributed by atoms with Crippen LogP contribution in [0.4, 0.5) is 0 Å². The van der Waals surface area contributed by atoms with Crippen LogP contribution >= 0.6 is 0 Å². The van der Waals surface area contributed by atoms with Crippen LogP contribution in [0.5, 0.6) is 0 Å². The second-order valence-electron chi connectivity index (χ2n) is 5.49. The molecule has 2 saturated heterocycles. The van der Waals surface area contributed by atoms with Crippen molar-refractivity contribution < 1.29 is 0 Å². The summed E-state index contributed by atoms with van der Waals surface area (Å²) >= 11 is 0. The molecule has 0 aromatic carbocycles. The van der Waals surface area contributed by atoms with Crippen LogP contribution in [0, 0.1) is 5.92 Å². The molecule has 2 rings (SSSR count). The van der Waals surface area contributed by atoms with Gasteiger partial charge in [-0.1, -0.05) is 6.92 Å². The Hall–Kier alpha value is -0.120. The lowest BCUT2D eigenvalue weighted by atomic mass is 9.92. The standard InChI is InChI=1S/C13H27N3/c1-12-4-3-7-16(13(12)2)11-10-15-8-5-14-6-9-15/h12-14H,3-11H2,1-2H3. The van der Waals surface area contributed by atoms with Crippen molar-refractivity contribution in [3.05, 3.63) is 0 Å². The number of likely N-dealkylation sites (tertiary alicyclic amines) is 1. The van der Waals surface area contributed by atoms with Gasteiger partial charge in [0.05, 0.1) is 0 Å². The third kappa shape index (κ3) is 3.19. The summed E-state index contributed by atoms with van der Waals surface area (Å²) < 4.78 is 0. The van der Waals surface area contributed by atoms with Gasteiger partial charge in [0, 0.05) is 45.3 Å². The molecule has 0 bridgehead atoms. The lowest BCUT2D eigenvalue weighted by molar-refractivity contribution is 0.0953. The summed E-state index contributed by atoms with van der Waals surface area (Å²) in [6.07, 6.45) is 2.82. The Bertz CT molecular complexity index is 201. The molecular formula is C13H27N3. The molecule has 0 amide bonds. The maximum Gasteiger partial charge on any atom is 0.0112 e. The zero-order chi connectivity index (χ0) is 11.4. The van der Waals surface area contributed by atoms with E-state index in [1.54, 1.807) is 0 Å². The highest BCUT2D eigenvalue weighted by molar-refractivity contribution is 4.79. The Balaban J connectivity index is 1.71. The third-order valence-corrected chi connectivity index (χ3v) is 4.42. The number of nitrogens with one attached hydrogen (secondary N) is 1. The quantitative estimate of drug-likeness (QED) is 0.773. The first-order chi connectivity index (χ1) is 7.77. The fourth-order valence-corrected chi connectivity index (χ4v) is 2.94. The van der Waals surface area contributed by atoms with Crippen molar-refractivity contribution in [2.75, 3.05) is 45.8 Å². The molecule has 0 aromatic rings. The Kier molecular flexibility index (Phi) is 4.62. The van der Waals surface area contributed by atoms with Crippen molar-refractivity contribution in [2.24, 2.45) is 5.92 Å². The van der Waals surface area contributed by atoms with E-state index >= 15 is 0 Å². The van der Waals surface area contributed by atoms with Gasteiger partial charge in [0.25, 0.3) is 0 Å². The van der Waals surface area contributed by atoms with Crippen LogP contribution in [-0.2, 0) is 0 Å². The van der Waals surface area contributed by atoms with Gasteiger partial charge in [-0.3, -0.25) is 9.80 Å². The molecule has 94 valence electrons. The van der Waals surface area contributed by atoms with Gasteiger partial charge in [-0.05, 0) is 32.2 Å². The minimum Gasteiger partial charge on any atom is -0.314 e. The average molecular weight is 225 g/mol. The van der Waals surface area contributed by atoms with E-state index in [2.05, 4.69) is 29.0 Å². The van der Waals surface area contributed by atoms with Crippen LogP contribution in [0.25, 0.3) is 0 Å². The number of rotatable bonds is 3. The summed E-state index contributed by atoms with van der Waals surface area (Å²) in [6, 6.07) is 0.789. The molecule has 0 spiro atoms. The smallest absolute Gasteiger partial charge is 0.0112 e. The van der Waals surface area contributed by atoms with Gasteiger partial charge in [-0.15, -0.1) is 0 Å². The molecule has 0 saturated carbocycles. The van der Waals surface area contributed by atoms with Crippen LogP contribution in [0.2, 0.25) is 0 Å². The second-order valence-corrected chi connectivity index (χ2v) is 5.49. The minimum atomic E-state index is 0.789. The summed E-state index contributed by atoms with van der Waals surface area (Å²) in [6.45, 7) is 13.5. The molecule has 3 nitrogen and oxygen atoms in total. The van der Waals surface area contributed by atoms with Crippen molar-refractivity contribution >= 4 is 0 Å². The Morgan fingerprint density at radius 2 is 1.81 bits per heavy atom. The molecule has 1 N–H and O–H groups in total. The van der Waals surface area contributed by atoms with E-state index in [1.165, 1.54) is 58.7 Å². The summed E-state index contributed by atoms with van der Waals surface area (Å²) in [5.41, 5.74) is 0. The number of piperidine rings is 1. The SMILES string of the molecule is CC1CCCN(CCN2CCNCC2)C1C. The molecule has 0 aromatic heterocycles. The summed E-state index contributed by atoms with van der Waals surface area (Å²) in [7, 11) is 0. The van der Waals surface area contributed by atoms with E-state index < -0.39 is 0 Å². The topological polar surface area (TPSA) is 18.5 Å². The van der Waals surface area contributed by atoms with E-state index in [0.29, 0.717) is 0 Å². The van der Waals surface area contributed by atoms with Crippen molar-refractivity contribution in [3.8, 4) is 0 Å². The van der Waals surface area contributed by atoms with Crippen LogP contribution in [-0.4, -0.2) is 61.7 Å². The van der Waals surface area contributed by atoms with Gasteiger partial charge < -0.3 is 5.32 Å². The molecule has 3 heteroatoms. The van der Waals surface area contributed by atoms with Gasteiger partial charge >= 0.3 is 0 Å². The van der Waals surface area contributed by atoms with Crippen LogP contribution in [0.15, 0.2) is 0 Å². The fourth-order valence-electron chi connectivity index (χ4n) is 2.94. The fraction of sp³-hybridized carbons (Fsp3) is 1.00. The van der Waals surface area contributed by atoms with Gasteiger partial charge in [0.1, 0.15) is 0 Å². The van der Waals surface area contributed by atoms with E-state index in [0.717, 1.165) is 12.0 Å². The predicted octanol–water partition coefficient (Wildman–Crippen LogP) is 1.01. The number of piperazine rings is 1. The van der Waals surface area contributed by atoms with Crippen molar-refractivity contribution in [2.45, 2.75) is 32.7 Å². The van der Waals surface area contributed by atoms with Crippen LogP contribution < -0.4 is 5.32 Å². The summed E-state index contributed by atoms with van der Waals surface area (Å²) in [4.78, 5) is 5.29. The number of nitrogens with zero attached hydrogens (tertiary/aromatic N) is 2. The highest BCUT2D eigenvalue weighted by atomic mass is 15.2. The normalized spacial score (nSPS) is 34.1. The zero-order valence-electron chi connectivity index (χ0n) is 10.9. The molecular weight excluding hydrogens is 198 g/mol. The number of hydrogen-bond donors (Lipinski definition) is 1. The lowest BCUT2D eigenvalue weighted by Gasteiger charge is -2.39. The van der Waals surface area contributed by atoms with Crippen molar-refractivity contribution in [1.82, 2.24) is 15.1 Å². The Labute approximate surface area is 100 Å². The third-order valence-electron chi connectivity index (χ3n) is 4.42. The van der Waals surface area contributed by atoms with Gasteiger partial charge in [0.15, 0.2) is 0 Å². The van der Waals surface area contributed by atoms with Gasteiger partial charge in [0.2, 0.25) is 0 Å². The first-order valence-electron chi connectivity index (χ1n) is 6.94. The van der Waals surface area contributed by atoms with Crippen LogP contribution in [0.1, 0.15) is 26.7 Å². The van der Waals surface area contributed by atoms with E-state index in [1.807, 2.05) is 0 Å². The van der Waals surface area contributed by atoms with E-state index in [-0.39, 0.29) is 0 Å². The van der Waals surface area contributed by atoms with Crippen molar-refractivity contribution in [1.29, 1.82) is 0 Å². The summed E-state index contributed by atoms with van der Waals surface area (Å²) in [5, 5.41) is 3.41. The summed E-state index contributed by atoms with van der Waals surface area (Å²) in [5.74, 6) is 0.886. The molecule has 2 fully saturated rings. The lowest BCUT2D eigenvalue weighted by Crippen LogP contribution is -2.49. The monoisotopic (exact) mass is 225 g/mol. The molecule has 0 aliphatic carbocycles. The van der Waals surface area contributed by atoms with E-state index in [4.69, 9.17) is 0 Å².